The summed E-state index contributed by atoms with van der Waals surface area (Å²) in [5, 5.41) is 16.7. The molecule has 0 aliphatic carbocycles. The number of nitro benzene ring substituents is 1. The fraction of sp³-hybridized carbons (Fsp3) is 0.211. The van der Waals surface area contributed by atoms with E-state index in [-0.39, 0.29) is 22.2 Å². The van der Waals surface area contributed by atoms with Gasteiger partial charge in [0.1, 0.15) is 5.75 Å². The first-order valence-electron chi connectivity index (χ1n) is 8.57. The number of ether oxygens (including phenoxy) is 3. The number of hydrogen-bond donors (Lipinski definition) is 0. The van der Waals surface area contributed by atoms with Crippen LogP contribution in [-0.2, 0) is 14.3 Å². The van der Waals surface area contributed by atoms with E-state index in [0.29, 0.717) is 11.3 Å². The molecule has 1 unspecified atom stereocenters. The van der Waals surface area contributed by atoms with E-state index in [2.05, 4.69) is 5.10 Å². The lowest BCUT2D eigenvalue weighted by atomic mass is 10.1. The minimum Gasteiger partial charge on any atom is -0.497 e. The van der Waals surface area contributed by atoms with E-state index in [0.717, 1.165) is 18.0 Å². The average molecular weight is 434 g/mol. The highest BCUT2D eigenvalue weighted by Gasteiger charge is 2.36. The van der Waals surface area contributed by atoms with Gasteiger partial charge in [-0.1, -0.05) is 11.6 Å². The summed E-state index contributed by atoms with van der Waals surface area (Å²) < 4.78 is 16.0. The smallest absolute Gasteiger partial charge is 0.314 e. The van der Waals surface area contributed by atoms with Crippen LogP contribution in [0.15, 0.2) is 41.5 Å². The Kier molecular flexibility index (Phi) is 5.88. The molecule has 0 saturated carbocycles. The van der Waals surface area contributed by atoms with Crippen molar-refractivity contribution in [2.45, 2.75) is 20.1 Å². The molecule has 0 fully saturated rings. The third-order valence-electron chi connectivity index (χ3n) is 4.07. The number of rotatable bonds is 5. The number of esters is 1. The Labute approximate surface area is 175 Å². The SMILES string of the molecule is COc1ccc(C2OC(c3cc(Cl)cc([N+](=O)[O-])c3OC(C)=O)=NN2C(C)=O)cc1. The topological polar surface area (TPSA) is 121 Å². The predicted molar refractivity (Wildman–Crippen MR) is 105 cm³/mol. The maximum atomic E-state index is 12.1. The number of carbonyl (C=O) groups is 2. The number of methoxy groups -OCH3 is 1. The minimum atomic E-state index is -0.938. The van der Waals surface area contributed by atoms with E-state index in [4.69, 9.17) is 25.8 Å². The normalized spacial score (nSPS) is 15.3. The van der Waals surface area contributed by atoms with Gasteiger partial charge in [0, 0.05) is 30.5 Å². The van der Waals surface area contributed by atoms with Crippen LogP contribution in [0.25, 0.3) is 0 Å². The standard InChI is InChI=1S/C19H16ClN3O7/c1-10(24)22-19(12-4-6-14(28-3)7-5-12)30-18(21-22)15-8-13(20)9-16(23(26)27)17(15)29-11(2)25/h4-9,19H,1-3H3. The molecule has 0 N–H and O–H groups in total. The molecule has 0 radical (unpaired) electrons. The molecule has 11 heteroatoms. The summed E-state index contributed by atoms with van der Waals surface area (Å²) in [6, 6.07) is 9.09. The monoisotopic (exact) mass is 433 g/mol. The average Bonchev–Trinajstić information content (AvgIpc) is 3.14. The van der Waals surface area contributed by atoms with Gasteiger partial charge in [-0.2, -0.15) is 5.01 Å². The van der Waals surface area contributed by atoms with E-state index in [1.54, 1.807) is 24.3 Å². The molecule has 0 aromatic heterocycles. The van der Waals surface area contributed by atoms with Crippen molar-refractivity contribution < 1.29 is 28.7 Å². The molecular formula is C19H16ClN3O7. The Morgan fingerprint density at radius 2 is 1.90 bits per heavy atom. The molecule has 3 rings (SSSR count). The molecule has 0 saturated heterocycles. The third kappa shape index (κ3) is 4.18. The van der Waals surface area contributed by atoms with Gasteiger partial charge < -0.3 is 14.2 Å². The summed E-state index contributed by atoms with van der Waals surface area (Å²) in [5.41, 5.74) is 0.00301. The summed E-state index contributed by atoms with van der Waals surface area (Å²) in [7, 11) is 1.52. The molecule has 1 heterocycles. The van der Waals surface area contributed by atoms with Gasteiger partial charge >= 0.3 is 11.7 Å². The third-order valence-corrected chi connectivity index (χ3v) is 4.29. The lowest BCUT2D eigenvalue weighted by Gasteiger charge is -2.19. The van der Waals surface area contributed by atoms with Crippen molar-refractivity contribution in [2.75, 3.05) is 7.11 Å². The van der Waals surface area contributed by atoms with Crippen LogP contribution in [0.4, 0.5) is 5.69 Å². The Morgan fingerprint density at radius 3 is 2.43 bits per heavy atom. The second-order valence-corrected chi connectivity index (χ2v) is 6.60. The Morgan fingerprint density at radius 1 is 1.23 bits per heavy atom. The van der Waals surface area contributed by atoms with Crippen molar-refractivity contribution in [2.24, 2.45) is 5.10 Å². The van der Waals surface area contributed by atoms with Crippen molar-refractivity contribution in [3.8, 4) is 11.5 Å². The number of benzene rings is 2. The van der Waals surface area contributed by atoms with Crippen molar-refractivity contribution in [1.82, 2.24) is 5.01 Å². The lowest BCUT2D eigenvalue weighted by Crippen LogP contribution is -2.25. The first-order valence-corrected chi connectivity index (χ1v) is 8.94. The molecule has 1 atom stereocenters. The highest BCUT2D eigenvalue weighted by molar-refractivity contribution is 6.31. The van der Waals surface area contributed by atoms with E-state index in [9.17, 15) is 19.7 Å². The molecule has 156 valence electrons. The van der Waals surface area contributed by atoms with Crippen LogP contribution in [-0.4, -0.2) is 34.8 Å². The van der Waals surface area contributed by atoms with E-state index in [1.165, 1.54) is 20.1 Å². The summed E-state index contributed by atoms with van der Waals surface area (Å²) in [5.74, 6) is -1.15. The van der Waals surface area contributed by atoms with Gasteiger partial charge in [0.25, 0.3) is 0 Å². The van der Waals surface area contributed by atoms with Gasteiger partial charge in [0.05, 0.1) is 17.6 Å². The van der Waals surface area contributed by atoms with Gasteiger partial charge in [0.15, 0.2) is 0 Å². The largest absolute Gasteiger partial charge is 0.497 e. The molecule has 2 aromatic rings. The maximum Gasteiger partial charge on any atom is 0.314 e. The van der Waals surface area contributed by atoms with E-state index < -0.39 is 28.7 Å². The number of nitro groups is 1. The quantitative estimate of drug-likeness (QED) is 0.306. The van der Waals surface area contributed by atoms with Crippen molar-refractivity contribution in [3.05, 3.63) is 62.7 Å². The van der Waals surface area contributed by atoms with Crippen molar-refractivity contribution >= 4 is 35.1 Å². The van der Waals surface area contributed by atoms with Gasteiger partial charge in [-0.3, -0.25) is 19.7 Å². The molecule has 1 aliphatic rings. The summed E-state index contributed by atoms with van der Waals surface area (Å²) in [6.07, 6.45) is -0.938. The molecule has 30 heavy (non-hydrogen) atoms. The summed E-state index contributed by atoms with van der Waals surface area (Å²) >= 11 is 6.02. The van der Waals surface area contributed by atoms with Crippen LogP contribution in [0.1, 0.15) is 31.2 Å². The summed E-state index contributed by atoms with van der Waals surface area (Å²) in [6.45, 7) is 2.39. The second-order valence-electron chi connectivity index (χ2n) is 6.16. The van der Waals surface area contributed by atoms with Crippen molar-refractivity contribution in [1.29, 1.82) is 0 Å². The second kappa shape index (κ2) is 8.37. The van der Waals surface area contributed by atoms with Crippen LogP contribution >= 0.6 is 11.6 Å². The molecule has 10 nitrogen and oxygen atoms in total. The predicted octanol–water partition coefficient (Wildman–Crippen LogP) is 3.42. The first-order chi connectivity index (χ1) is 14.2. The maximum absolute atomic E-state index is 12.1. The molecule has 0 bridgehead atoms. The molecular weight excluding hydrogens is 418 g/mol. The highest BCUT2D eigenvalue weighted by atomic mass is 35.5. The molecule has 1 amide bonds. The van der Waals surface area contributed by atoms with Crippen LogP contribution < -0.4 is 9.47 Å². The first kappa shape index (κ1) is 21.1. The van der Waals surface area contributed by atoms with Crippen LogP contribution in [0, 0.1) is 10.1 Å². The van der Waals surface area contributed by atoms with Gasteiger partial charge in [-0.05, 0) is 30.3 Å². The number of nitrogens with zero attached hydrogens (tertiary/aromatic N) is 3. The van der Waals surface area contributed by atoms with Crippen LogP contribution in [0.2, 0.25) is 5.02 Å². The van der Waals surface area contributed by atoms with E-state index in [1.807, 2.05) is 0 Å². The Balaban J connectivity index is 2.08. The number of halogens is 1. The van der Waals surface area contributed by atoms with E-state index >= 15 is 0 Å². The zero-order valence-electron chi connectivity index (χ0n) is 16.1. The lowest BCUT2D eigenvalue weighted by molar-refractivity contribution is -0.385. The van der Waals surface area contributed by atoms with Crippen LogP contribution in [0.5, 0.6) is 11.5 Å². The van der Waals surface area contributed by atoms with Crippen LogP contribution in [0.3, 0.4) is 0 Å². The fourth-order valence-electron chi connectivity index (χ4n) is 2.78. The number of carbonyl (C=O) groups excluding carboxylic acids is 2. The Hall–Kier alpha value is -3.66. The number of amides is 1. The zero-order chi connectivity index (χ0) is 22.0. The molecule has 1 aliphatic heterocycles. The van der Waals surface area contributed by atoms with Gasteiger partial charge in [0.2, 0.25) is 23.8 Å². The zero-order valence-corrected chi connectivity index (χ0v) is 16.9. The minimum absolute atomic E-state index is 0.00109. The van der Waals surface area contributed by atoms with Gasteiger partial charge in [-0.25, -0.2) is 0 Å². The van der Waals surface area contributed by atoms with Gasteiger partial charge in [-0.15, -0.1) is 5.10 Å². The molecule has 0 spiro atoms. The fourth-order valence-corrected chi connectivity index (χ4v) is 3.00. The number of hydrogen-bond acceptors (Lipinski definition) is 8. The highest BCUT2D eigenvalue weighted by Crippen LogP contribution is 2.39. The number of hydrazone groups is 1. The van der Waals surface area contributed by atoms with Crippen molar-refractivity contribution in [3.63, 3.8) is 0 Å². The molecule has 2 aromatic carbocycles. The summed E-state index contributed by atoms with van der Waals surface area (Å²) in [4.78, 5) is 34.3. The Bertz CT molecular complexity index is 1050.